The third-order valence-corrected chi connectivity index (χ3v) is 2.02. The summed E-state index contributed by atoms with van der Waals surface area (Å²) in [4.78, 5) is 25.9. The lowest BCUT2D eigenvalue weighted by Gasteiger charge is -1.97. The van der Waals surface area contributed by atoms with E-state index in [4.69, 9.17) is 5.11 Å². The molecule has 0 bridgehead atoms. The number of H-pyrrole nitrogens is 1. The zero-order valence-corrected chi connectivity index (χ0v) is 8.25. The molecule has 2 aromatic heterocycles. The van der Waals surface area contributed by atoms with Crippen LogP contribution in [0.3, 0.4) is 0 Å². The Kier molecular flexibility index (Phi) is 2.55. The van der Waals surface area contributed by atoms with Crippen molar-refractivity contribution < 1.29 is 9.90 Å². The van der Waals surface area contributed by atoms with Crippen LogP contribution >= 0.6 is 0 Å². The second-order valence-electron chi connectivity index (χ2n) is 3.20. The summed E-state index contributed by atoms with van der Waals surface area (Å²) in [5, 5.41) is 11.3. The van der Waals surface area contributed by atoms with Gasteiger partial charge in [-0.05, 0) is 12.1 Å². The Bertz CT molecular complexity index is 556. The Balaban J connectivity index is 2.38. The first-order chi connectivity index (χ1) is 7.66. The Morgan fingerprint density at radius 3 is 2.94 bits per heavy atom. The highest BCUT2D eigenvalue weighted by Gasteiger charge is 2.07. The van der Waals surface area contributed by atoms with Crippen molar-refractivity contribution in [2.75, 3.05) is 0 Å². The summed E-state index contributed by atoms with van der Waals surface area (Å²) >= 11 is 0. The Labute approximate surface area is 90.2 Å². The first kappa shape index (κ1) is 10.2. The van der Waals surface area contributed by atoms with Crippen LogP contribution in [0.2, 0.25) is 0 Å². The largest absolute Gasteiger partial charge is 0.480 e. The molecule has 0 saturated carbocycles. The molecule has 2 aromatic rings. The minimum Gasteiger partial charge on any atom is -0.480 e. The van der Waals surface area contributed by atoms with Crippen molar-refractivity contribution in [3.8, 4) is 11.4 Å². The standard InChI is InChI=1S/C10H9N3O3/c14-9-5-8(7-3-1-2-4-11-7)12-13(9)6-10(15)16/h1-5,12H,6H2,(H,15,16). The number of carboxylic acids is 1. The van der Waals surface area contributed by atoms with Gasteiger partial charge in [-0.2, -0.15) is 0 Å². The Morgan fingerprint density at radius 1 is 1.50 bits per heavy atom. The molecule has 0 saturated heterocycles. The van der Waals surface area contributed by atoms with Crippen LogP contribution in [0.15, 0.2) is 35.3 Å². The van der Waals surface area contributed by atoms with Gasteiger partial charge in [0.05, 0.1) is 11.4 Å². The number of pyridine rings is 1. The van der Waals surface area contributed by atoms with E-state index in [9.17, 15) is 9.59 Å². The molecule has 82 valence electrons. The number of nitrogens with one attached hydrogen (secondary N) is 1. The van der Waals surface area contributed by atoms with E-state index in [2.05, 4.69) is 10.1 Å². The SMILES string of the molecule is O=C(O)Cn1[nH]c(-c2ccccn2)cc1=O. The molecular weight excluding hydrogens is 210 g/mol. The topological polar surface area (TPSA) is 88.0 Å². The highest BCUT2D eigenvalue weighted by atomic mass is 16.4. The fourth-order valence-corrected chi connectivity index (χ4v) is 1.34. The first-order valence-corrected chi connectivity index (χ1v) is 4.60. The first-order valence-electron chi connectivity index (χ1n) is 4.60. The van der Waals surface area contributed by atoms with Crippen LogP contribution in [-0.2, 0) is 11.3 Å². The number of aromatic amines is 1. The number of nitrogens with zero attached hydrogens (tertiary/aromatic N) is 2. The van der Waals surface area contributed by atoms with E-state index in [1.807, 2.05) is 0 Å². The Morgan fingerprint density at radius 2 is 2.31 bits per heavy atom. The van der Waals surface area contributed by atoms with Crippen molar-refractivity contribution >= 4 is 5.97 Å². The molecule has 6 heteroatoms. The lowest BCUT2D eigenvalue weighted by Crippen LogP contribution is -2.20. The second-order valence-corrected chi connectivity index (χ2v) is 3.20. The lowest BCUT2D eigenvalue weighted by molar-refractivity contribution is -0.137. The molecule has 0 amide bonds. The second kappa shape index (κ2) is 4.01. The molecule has 0 spiro atoms. The van der Waals surface area contributed by atoms with Gasteiger partial charge in [-0.15, -0.1) is 0 Å². The minimum atomic E-state index is -1.07. The van der Waals surface area contributed by atoms with Crippen molar-refractivity contribution in [1.82, 2.24) is 14.8 Å². The molecule has 0 atom stereocenters. The number of aliphatic carboxylic acids is 1. The summed E-state index contributed by atoms with van der Waals surface area (Å²) in [7, 11) is 0. The van der Waals surface area contributed by atoms with Crippen molar-refractivity contribution in [2.24, 2.45) is 0 Å². The van der Waals surface area contributed by atoms with Crippen molar-refractivity contribution in [3.05, 3.63) is 40.8 Å². The third kappa shape index (κ3) is 2.00. The molecule has 2 N–H and O–H groups in total. The molecule has 0 fully saturated rings. The van der Waals surface area contributed by atoms with Gasteiger partial charge < -0.3 is 5.11 Å². The molecule has 0 aliphatic heterocycles. The maximum Gasteiger partial charge on any atom is 0.325 e. The van der Waals surface area contributed by atoms with E-state index in [0.717, 1.165) is 4.68 Å². The van der Waals surface area contributed by atoms with Crippen LogP contribution in [0.4, 0.5) is 0 Å². The van der Waals surface area contributed by atoms with E-state index >= 15 is 0 Å². The quantitative estimate of drug-likeness (QED) is 0.778. The Hall–Kier alpha value is -2.37. The van der Waals surface area contributed by atoms with E-state index in [1.165, 1.54) is 6.07 Å². The summed E-state index contributed by atoms with van der Waals surface area (Å²) < 4.78 is 1.02. The van der Waals surface area contributed by atoms with Gasteiger partial charge in [0.2, 0.25) is 0 Å². The number of aromatic nitrogens is 3. The third-order valence-electron chi connectivity index (χ3n) is 2.02. The zero-order valence-electron chi connectivity index (χ0n) is 8.25. The molecule has 0 aliphatic carbocycles. The van der Waals surface area contributed by atoms with Crippen LogP contribution in [0.25, 0.3) is 11.4 Å². The maximum absolute atomic E-state index is 11.4. The average molecular weight is 219 g/mol. The summed E-state index contributed by atoms with van der Waals surface area (Å²) in [5.41, 5.74) is 0.721. The summed E-state index contributed by atoms with van der Waals surface area (Å²) in [6.45, 7) is -0.383. The van der Waals surface area contributed by atoms with E-state index < -0.39 is 5.97 Å². The number of carboxylic acid groups (broad SMARTS) is 1. The molecule has 0 radical (unpaired) electrons. The predicted molar refractivity (Wildman–Crippen MR) is 55.9 cm³/mol. The molecule has 2 heterocycles. The van der Waals surface area contributed by atoms with E-state index in [1.54, 1.807) is 24.4 Å². The molecule has 0 aromatic carbocycles. The fourth-order valence-electron chi connectivity index (χ4n) is 1.34. The molecule has 6 nitrogen and oxygen atoms in total. The van der Waals surface area contributed by atoms with E-state index in [-0.39, 0.29) is 12.1 Å². The molecule has 0 aliphatic rings. The maximum atomic E-state index is 11.4. The normalized spacial score (nSPS) is 10.2. The van der Waals surface area contributed by atoms with Gasteiger partial charge in [0.1, 0.15) is 6.54 Å². The van der Waals surface area contributed by atoms with Crippen LogP contribution in [0.1, 0.15) is 0 Å². The number of hydrogen-bond donors (Lipinski definition) is 2. The van der Waals surface area contributed by atoms with Gasteiger partial charge in [0, 0.05) is 12.3 Å². The van der Waals surface area contributed by atoms with Gasteiger partial charge >= 0.3 is 5.97 Å². The van der Waals surface area contributed by atoms with Crippen LogP contribution in [0, 0.1) is 0 Å². The monoisotopic (exact) mass is 219 g/mol. The predicted octanol–water partition coefficient (Wildman–Crippen LogP) is 0.323. The molecule has 2 rings (SSSR count). The molecular formula is C10H9N3O3. The van der Waals surface area contributed by atoms with Crippen molar-refractivity contribution in [1.29, 1.82) is 0 Å². The summed E-state index contributed by atoms with van der Waals surface area (Å²) in [6, 6.07) is 6.60. The van der Waals surface area contributed by atoms with Gasteiger partial charge in [-0.1, -0.05) is 6.07 Å². The lowest BCUT2D eigenvalue weighted by atomic mass is 10.3. The van der Waals surface area contributed by atoms with Crippen molar-refractivity contribution in [3.63, 3.8) is 0 Å². The fraction of sp³-hybridized carbons (Fsp3) is 0.100. The average Bonchev–Trinajstić information content (AvgIpc) is 2.61. The smallest absolute Gasteiger partial charge is 0.325 e. The number of hydrogen-bond acceptors (Lipinski definition) is 3. The zero-order chi connectivity index (χ0) is 11.5. The van der Waals surface area contributed by atoms with Gasteiger partial charge in [0.25, 0.3) is 5.56 Å². The highest BCUT2D eigenvalue weighted by molar-refractivity contribution is 5.66. The van der Waals surface area contributed by atoms with Crippen molar-refractivity contribution in [2.45, 2.75) is 6.54 Å². The number of carbonyl (C=O) groups is 1. The molecule has 16 heavy (non-hydrogen) atoms. The number of rotatable bonds is 3. The van der Waals surface area contributed by atoms with Gasteiger partial charge in [-0.3, -0.25) is 19.7 Å². The summed E-state index contributed by atoms with van der Waals surface area (Å²) in [6.07, 6.45) is 1.60. The van der Waals surface area contributed by atoms with Crippen LogP contribution < -0.4 is 5.56 Å². The molecule has 0 unspecified atom stereocenters. The highest BCUT2D eigenvalue weighted by Crippen LogP contribution is 2.10. The van der Waals surface area contributed by atoms with Gasteiger partial charge in [-0.25, -0.2) is 4.68 Å². The minimum absolute atomic E-state index is 0.383. The van der Waals surface area contributed by atoms with Crippen LogP contribution in [-0.4, -0.2) is 25.8 Å². The summed E-state index contributed by atoms with van der Waals surface area (Å²) in [5.74, 6) is -1.07. The van der Waals surface area contributed by atoms with E-state index in [0.29, 0.717) is 11.4 Å². The van der Waals surface area contributed by atoms with Gasteiger partial charge in [0.15, 0.2) is 0 Å². The van der Waals surface area contributed by atoms with Crippen LogP contribution in [0.5, 0.6) is 0 Å².